The summed E-state index contributed by atoms with van der Waals surface area (Å²) in [6.07, 6.45) is 0. The standard InChI is InChI=1S/C14H18N2O/c1-10(2)13-6-4-12(5-7-13)9-16-11(3)8-14(17)15-16/h4-8,10H,9H2,1-3H3,(H,15,17). The van der Waals surface area contributed by atoms with E-state index in [0.717, 1.165) is 5.69 Å². The first kappa shape index (κ1) is 11.7. The molecule has 0 saturated carbocycles. The predicted octanol–water partition coefficient (Wildman–Crippen LogP) is 2.66. The molecular weight excluding hydrogens is 212 g/mol. The van der Waals surface area contributed by atoms with Gasteiger partial charge in [-0.25, -0.2) is 0 Å². The Morgan fingerprint density at radius 2 is 1.88 bits per heavy atom. The highest BCUT2D eigenvalue weighted by molar-refractivity contribution is 5.25. The van der Waals surface area contributed by atoms with E-state index in [1.165, 1.54) is 11.1 Å². The Bertz CT molecular complexity index is 546. The molecule has 2 rings (SSSR count). The highest BCUT2D eigenvalue weighted by Crippen LogP contribution is 2.15. The molecule has 1 aromatic carbocycles. The van der Waals surface area contributed by atoms with Crippen molar-refractivity contribution < 1.29 is 0 Å². The van der Waals surface area contributed by atoms with Gasteiger partial charge in [0.2, 0.25) is 0 Å². The summed E-state index contributed by atoms with van der Waals surface area (Å²) in [5.41, 5.74) is 3.46. The number of nitrogens with one attached hydrogen (secondary N) is 1. The third-order valence-electron chi connectivity index (χ3n) is 3.00. The fourth-order valence-corrected chi connectivity index (χ4v) is 1.88. The van der Waals surface area contributed by atoms with E-state index in [2.05, 4.69) is 43.2 Å². The molecule has 0 bridgehead atoms. The van der Waals surface area contributed by atoms with Crippen LogP contribution in [0.25, 0.3) is 0 Å². The summed E-state index contributed by atoms with van der Waals surface area (Å²) in [4.78, 5) is 11.2. The molecule has 0 amide bonds. The van der Waals surface area contributed by atoms with Gasteiger partial charge in [0.1, 0.15) is 0 Å². The van der Waals surface area contributed by atoms with E-state index >= 15 is 0 Å². The topological polar surface area (TPSA) is 37.8 Å². The fraction of sp³-hybridized carbons (Fsp3) is 0.357. The zero-order valence-electron chi connectivity index (χ0n) is 10.5. The zero-order chi connectivity index (χ0) is 12.4. The first-order chi connectivity index (χ1) is 8.06. The monoisotopic (exact) mass is 230 g/mol. The van der Waals surface area contributed by atoms with E-state index in [-0.39, 0.29) is 5.56 Å². The summed E-state index contributed by atoms with van der Waals surface area (Å²) in [7, 11) is 0. The van der Waals surface area contributed by atoms with Gasteiger partial charge in [-0.05, 0) is 24.0 Å². The lowest BCUT2D eigenvalue weighted by molar-refractivity contribution is 0.658. The van der Waals surface area contributed by atoms with E-state index in [1.807, 2.05) is 11.6 Å². The molecule has 0 radical (unpaired) electrons. The average Bonchev–Trinajstić information content (AvgIpc) is 2.58. The summed E-state index contributed by atoms with van der Waals surface area (Å²) in [5.74, 6) is 0.553. The molecule has 0 atom stereocenters. The number of aromatic nitrogens is 2. The van der Waals surface area contributed by atoms with Crippen molar-refractivity contribution in [3.05, 3.63) is 57.5 Å². The minimum absolute atomic E-state index is 0.0405. The van der Waals surface area contributed by atoms with Crippen LogP contribution in [0.3, 0.4) is 0 Å². The Hall–Kier alpha value is -1.77. The molecule has 3 heteroatoms. The number of nitrogens with zero attached hydrogens (tertiary/aromatic N) is 1. The number of aryl methyl sites for hydroxylation is 1. The van der Waals surface area contributed by atoms with Crippen molar-refractivity contribution in [2.45, 2.75) is 33.2 Å². The first-order valence-corrected chi connectivity index (χ1v) is 5.91. The van der Waals surface area contributed by atoms with E-state index in [4.69, 9.17) is 0 Å². The van der Waals surface area contributed by atoms with E-state index in [1.54, 1.807) is 6.07 Å². The van der Waals surface area contributed by atoms with Crippen molar-refractivity contribution in [2.75, 3.05) is 0 Å². The van der Waals surface area contributed by atoms with Crippen molar-refractivity contribution in [3.63, 3.8) is 0 Å². The summed E-state index contributed by atoms with van der Waals surface area (Å²) < 4.78 is 1.87. The van der Waals surface area contributed by atoms with Gasteiger partial charge in [-0.3, -0.25) is 14.6 Å². The summed E-state index contributed by atoms with van der Waals surface area (Å²) in [5, 5.41) is 2.79. The van der Waals surface area contributed by atoms with E-state index in [9.17, 15) is 4.79 Å². The second-order valence-corrected chi connectivity index (χ2v) is 4.74. The minimum Gasteiger partial charge on any atom is -0.285 e. The largest absolute Gasteiger partial charge is 0.285 e. The van der Waals surface area contributed by atoms with Gasteiger partial charge in [-0.2, -0.15) is 0 Å². The van der Waals surface area contributed by atoms with Crippen LogP contribution in [-0.2, 0) is 6.54 Å². The van der Waals surface area contributed by atoms with Crippen LogP contribution in [0, 0.1) is 6.92 Å². The van der Waals surface area contributed by atoms with Crippen LogP contribution in [0.4, 0.5) is 0 Å². The highest BCUT2D eigenvalue weighted by atomic mass is 16.1. The molecule has 0 aliphatic carbocycles. The summed E-state index contributed by atoms with van der Waals surface area (Å²) in [6.45, 7) is 7.01. The van der Waals surface area contributed by atoms with Crippen molar-refractivity contribution in [1.29, 1.82) is 0 Å². The quantitative estimate of drug-likeness (QED) is 0.864. The Morgan fingerprint density at radius 3 is 2.35 bits per heavy atom. The molecule has 0 spiro atoms. The van der Waals surface area contributed by atoms with Crippen molar-refractivity contribution >= 4 is 0 Å². The lowest BCUT2D eigenvalue weighted by Gasteiger charge is -2.08. The molecule has 0 aliphatic rings. The lowest BCUT2D eigenvalue weighted by atomic mass is 10.0. The van der Waals surface area contributed by atoms with Gasteiger partial charge in [0, 0.05) is 11.8 Å². The van der Waals surface area contributed by atoms with Gasteiger partial charge in [0.05, 0.1) is 6.54 Å². The summed E-state index contributed by atoms with van der Waals surface area (Å²) >= 11 is 0. The molecule has 2 aromatic rings. The first-order valence-electron chi connectivity index (χ1n) is 5.91. The smallest absolute Gasteiger partial charge is 0.264 e. The molecular formula is C14H18N2O. The SMILES string of the molecule is Cc1cc(=O)[nH]n1Cc1ccc(C(C)C)cc1. The van der Waals surface area contributed by atoms with Gasteiger partial charge in [0.25, 0.3) is 5.56 Å². The number of benzene rings is 1. The van der Waals surface area contributed by atoms with Crippen LogP contribution in [0.2, 0.25) is 0 Å². The lowest BCUT2D eigenvalue weighted by Crippen LogP contribution is -2.07. The van der Waals surface area contributed by atoms with E-state index in [0.29, 0.717) is 12.5 Å². The molecule has 90 valence electrons. The summed E-state index contributed by atoms with van der Waals surface area (Å²) in [6, 6.07) is 10.1. The second-order valence-electron chi connectivity index (χ2n) is 4.74. The van der Waals surface area contributed by atoms with Gasteiger partial charge in [-0.15, -0.1) is 0 Å². The highest BCUT2D eigenvalue weighted by Gasteiger charge is 2.02. The van der Waals surface area contributed by atoms with Crippen LogP contribution >= 0.6 is 0 Å². The predicted molar refractivity (Wildman–Crippen MR) is 69.4 cm³/mol. The molecule has 0 saturated heterocycles. The Kier molecular flexibility index (Phi) is 3.18. The molecule has 0 fully saturated rings. The number of aromatic amines is 1. The second kappa shape index (κ2) is 4.62. The molecule has 17 heavy (non-hydrogen) atoms. The molecule has 0 unspecified atom stereocenters. The molecule has 1 heterocycles. The molecule has 0 aliphatic heterocycles. The van der Waals surface area contributed by atoms with Gasteiger partial charge >= 0.3 is 0 Å². The van der Waals surface area contributed by atoms with Crippen molar-refractivity contribution in [3.8, 4) is 0 Å². The molecule has 1 aromatic heterocycles. The Morgan fingerprint density at radius 1 is 1.24 bits per heavy atom. The van der Waals surface area contributed by atoms with Crippen LogP contribution in [0.15, 0.2) is 35.1 Å². The number of hydrogen-bond donors (Lipinski definition) is 1. The normalized spacial score (nSPS) is 11.1. The maximum absolute atomic E-state index is 11.2. The number of rotatable bonds is 3. The Balaban J connectivity index is 2.19. The van der Waals surface area contributed by atoms with Gasteiger partial charge in [-0.1, -0.05) is 38.1 Å². The van der Waals surface area contributed by atoms with Gasteiger partial charge < -0.3 is 0 Å². The Labute approximate surface area is 101 Å². The van der Waals surface area contributed by atoms with Crippen LogP contribution in [-0.4, -0.2) is 9.78 Å². The van der Waals surface area contributed by atoms with Crippen molar-refractivity contribution in [1.82, 2.24) is 9.78 Å². The third kappa shape index (κ3) is 2.67. The van der Waals surface area contributed by atoms with Crippen LogP contribution < -0.4 is 5.56 Å². The molecule has 3 nitrogen and oxygen atoms in total. The number of H-pyrrole nitrogens is 1. The maximum Gasteiger partial charge on any atom is 0.264 e. The van der Waals surface area contributed by atoms with Crippen molar-refractivity contribution in [2.24, 2.45) is 0 Å². The van der Waals surface area contributed by atoms with E-state index < -0.39 is 0 Å². The third-order valence-corrected chi connectivity index (χ3v) is 3.00. The van der Waals surface area contributed by atoms with Crippen LogP contribution in [0.1, 0.15) is 36.6 Å². The maximum atomic E-state index is 11.2. The number of hydrogen-bond acceptors (Lipinski definition) is 1. The molecule has 1 N–H and O–H groups in total. The van der Waals surface area contributed by atoms with Gasteiger partial charge in [0.15, 0.2) is 0 Å². The fourth-order valence-electron chi connectivity index (χ4n) is 1.88. The minimum atomic E-state index is -0.0405. The van der Waals surface area contributed by atoms with Crippen LogP contribution in [0.5, 0.6) is 0 Å². The average molecular weight is 230 g/mol. The zero-order valence-corrected chi connectivity index (χ0v) is 10.5.